The van der Waals surface area contributed by atoms with Crippen molar-refractivity contribution in [1.82, 2.24) is 5.32 Å². The molecule has 128 valence electrons. The Hall–Kier alpha value is -1.93. The monoisotopic (exact) mass is 389 g/mol. The maximum atomic E-state index is 6.11. The van der Waals surface area contributed by atoms with Crippen molar-refractivity contribution in [1.29, 1.82) is 0 Å². The summed E-state index contributed by atoms with van der Waals surface area (Å²) < 4.78 is 0. The van der Waals surface area contributed by atoms with Gasteiger partial charge in [-0.15, -0.1) is 0 Å². The van der Waals surface area contributed by atoms with Crippen molar-refractivity contribution in [2.75, 3.05) is 6.54 Å². The Labute approximate surface area is 163 Å². The van der Waals surface area contributed by atoms with Gasteiger partial charge < -0.3 is 5.32 Å². The molecule has 0 saturated heterocycles. The summed E-state index contributed by atoms with van der Waals surface area (Å²) in [5.74, 6) is 0. The molecule has 0 aromatic heterocycles. The Morgan fingerprint density at radius 2 is 1.64 bits per heavy atom. The molecule has 0 aliphatic heterocycles. The first-order chi connectivity index (χ1) is 12.0. The van der Waals surface area contributed by atoms with E-state index < -0.39 is 0 Å². The summed E-state index contributed by atoms with van der Waals surface area (Å²) in [6.07, 6.45) is 11.7. The van der Waals surface area contributed by atoms with Crippen LogP contribution in [0.1, 0.15) is 11.1 Å². The number of rotatable bonds is 7. The zero-order chi connectivity index (χ0) is 18.1. The number of halogens is 3. The second-order valence-corrected chi connectivity index (χ2v) is 6.52. The molecule has 25 heavy (non-hydrogen) atoms. The molecule has 0 saturated carbocycles. The zero-order valence-corrected chi connectivity index (χ0v) is 15.8. The largest absolute Gasteiger partial charge is 0.382 e. The quantitative estimate of drug-likeness (QED) is 0.500. The molecule has 0 heterocycles. The van der Waals surface area contributed by atoms with Crippen LogP contribution in [0.25, 0.3) is 12.2 Å². The lowest BCUT2D eigenvalue weighted by Gasteiger charge is -2.01. The topological polar surface area (TPSA) is 12.0 Å². The third kappa shape index (κ3) is 7.23. The Bertz CT molecular complexity index is 802. The van der Waals surface area contributed by atoms with Crippen LogP contribution in [0.3, 0.4) is 0 Å². The molecular formula is C21H18Cl3N. The van der Waals surface area contributed by atoms with E-state index in [1.165, 1.54) is 0 Å². The predicted octanol–water partition coefficient (Wildman–Crippen LogP) is 7.03. The molecule has 0 radical (unpaired) electrons. The van der Waals surface area contributed by atoms with Crippen LogP contribution in [-0.4, -0.2) is 6.54 Å². The van der Waals surface area contributed by atoms with Crippen LogP contribution >= 0.6 is 34.8 Å². The van der Waals surface area contributed by atoms with Gasteiger partial charge in [-0.2, -0.15) is 0 Å². The fourth-order valence-electron chi connectivity index (χ4n) is 1.99. The van der Waals surface area contributed by atoms with Gasteiger partial charge in [-0.25, -0.2) is 0 Å². The lowest BCUT2D eigenvalue weighted by Crippen LogP contribution is -2.09. The van der Waals surface area contributed by atoms with E-state index in [0.29, 0.717) is 16.6 Å². The van der Waals surface area contributed by atoms with E-state index >= 15 is 0 Å². The van der Waals surface area contributed by atoms with Crippen LogP contribution in [-0.2, 0) is 0 Å². The highest BCUT2D eigenvalue weighted by Gasteiger charge is 1.96. The Balaban J connectivity index is 1.76. The summed E-state index contributed by atoms with van der Waals surface area (Å²) >= 11 is 17.8. The van der Waals surface area contributed by atoms with Crippen LogP contribution < -0.4 is 5.32 Å². The van der Waals surface area contributed by atoms with Crippen LogP contribution in [0.2, 0.25) is 15.1 Å². The second kappa shape index (κ2) is 10.1. The molecule has 4 heteroatoms. The van der Waals surface area contributed by atoms with E-state index in [-0.39, 0.29) is 0 Å². The minimum Gasteiger partial charge on any atom is -0.382 e. The highest BCUT2D eigenvalue weighted by atomic mass is 35.5. The number of benzene rings is 2. The molecule has 2 aromatic rings. The summed E-state index contributed by atoms with van der Waals surface area (Å²) in [6, 6.07) is 13.1. The SMILES string of the molecule is C=C(/C=C/C=C/c1ccc(Cl)cc1Cl)NC/C=C\c1ccc(Cl)cc1. The van der Waals surface area contributed by atoms with Gasteiger partial charge in [0, 0.05) is 27.3 Å². The van der Waals surface area contributed by atoms with Crippen LogP contribution in [0, 0.1) is 0 Å². The third-order valence-electron chi connectivity index (χ3n) is 3.27. The normalized spacial score (nSPS) is 11.6. The average molecular weight is 391 g/mol. The van der Waals surface area contributed by atoms with Crippen molar-refractivity contribution >= 4 is 47.0 Å². The highest BCUT2D eigenvalue weighted by Crippen LogP contribution is 2.21. The van der Waals surface area contributed by atoms with Crippen molar-refractivity contribution < 1.29 is 0 Å². The molecule has 0 fully saturated rings. The molecule has 0 bridgehead atoms. The first-order valence-corrected chi connectivity index (χ1v) is 8.82. The number of allylic oxidation sites excluding steroid dienone is 3. The lowest BCUT2D eigenvalue weighted by atomic mass is 10.2. The van der Waals surface area contributed by atoms with E-state index in [2.05, 4.69) is 11.9 Å². The van der Waals surface area contributed by atoms with E-state index in [0.717, 1.165) is 21.8 Å². The molecule has 0 amide bonds. The molecule has 2 rings (SSSR count). The average Bonchev–Trinajstić information content (AvgIpc) is 2.59. The van der Waals surface area contributed by atoms with Crippen molar-refractivity contribution in [2.45, 2.75) is 0 Å². The summed E-state index contributed by atoms with van der Waals surface area (Å²) in [6.45, 7) is 4.65. The minimum atomic E-state index is 0.626. The summed E-state index contributed by atoms with van der Waals surface area (Å²) in [5, 5.41) is 5.20. The summed E-state index contributed by atoms with van der Waals surface area (Å²) in [7, 11) is 0. The Kier molecular flexibility index (Phi) is 7.87. The molecule has 0 atom stereocenters. The van der Waals surface area contributed by atoms with Gasteiger partial charge in [0.25, 0.3) is 0 Å². The van der Waals surface area contributed by atoms with Gasteiger partial charge in [0.2, 0.25) is 0 Å². The van der Waals surface area contributed by atoms with Crippen molar-refractivity contribution in [3.05, 3.63) is 105 Å². The fraction of sp³-hybridized carbons (Fsp3) is 0.0476. The first kappa shape index (κ1) is 19.4. The number of nitrogens with one attached hydrogen (secondary N) is 1. The van der Waals surface area contributed by atoms with Crippen LogP contribution in [0.5, 0.6) is 0 Å². The Morgan fingerprint density at radius 1 is 0.920 bits per heavy atom. The third-order valence-corrected chi connectivity index (χ3v) is 4.09. The minimum absolute atomic E-state index is 0.626. The smallest absolute Gasteiger partial charge is 0.0493 e. The van der Waals surface area contributed by atoms with Crippen molar-refractivity contribution in [3.8, 4) is 0 Å². The molecule has 0 spiro atoms. The molecule has 1 nitrogen and oxygen atoms in total. The van der Waals surface area contributed by atoms with E-state index in [9.17, 15) is 0 Å². The fourth-order valence-corrected chi connectivity index (χ4v) is 2.58. The van der Waals surface area contributed by atoms with Gasteiger partial charge in [0.05, 0.1) is 0 Å². The predicted molar refractivity (Wildman–Crippen MR) is 112 cm³/mol. The van der Waals surface area contributed by atoms with Gasteiger partial charge >= 0.3 is 0 Å². The molecule has 1 N–H and O–H groups in total. The molecular weight excluding hydrogens is 373 g/mol. The molecule has 2 aromatic carbocycles. The van der Waals surface area contributed by atoms with Gasteiger partial charge in [-0.3, -0.25) is 0 Å². The maximum Gasteiger partial charge on any atom is 0.0493 e. The standard InChI is InChI=1S/C21H18Cl3N/c1-16(25-14-4-6-17-8-11-19(22)12-9-17)5-2-3-7-18-10-13-20(23)15-21(18)24/h2-13,15,25H,1,14H2/b5-2+,6-4-,7-3+. The summed E-state index contributed by atoms with van der Waals surface area (Å²) in [5.41, 5.74) is 2.85. The lowest BCUT2D eigenvalue weighted by molar-refractivity contribution is 0.943. The highest BCUT2D eigenvalue weighted by molar-refractivity contribution is 6.35. The van der Waals surface area contributed by atoms with Gasteiger partial charge in [0.1, 0.15) is 0 Å². The number of hydrogen-bond donors (Lipinski definition) is 1. The first-order valence-electron chi connectivity index (χ1n) is 7.69. The number of hydrogen-bond acceptors (Lipinski definition) is 1. The molecule has 0 aliphatic carbocycles. The van der Waals surface area contributed by atoms with Crippen molar-refractivity contribution in [3.63, 3.8) is 0 Å². The van der Waals surface area contributed by atoms with Crippen LogP contribution in [0.15, 0.2) is 79.0 Å². The van der Waals surface area contributed by atoms with Gasteiger partial charge in [-0.1, -0.05) is 90.0 Å². The molecule has 0 unspecified atom stereocenters. The van der Waals surface area contributed by atoms with Gasteiger partial charge in [-0.05, 0) is 41.5 Å². The zero-order valence-electron chi connectivity index (χ0n) is 13.6. The molecule has 0 aliphatic rings. The van der Waals surface area contributed by atoms with E-state index in [1.54, 1.807) is 6.07 Å². The van der Waals surface area contributed by atoms with E-state index in [4.69, 9.17) is 34.8 Å². The Morgan fingerprint density at radius 3 is 2.36 bits per heavy atom. The second-order valence-electron chi connectivity index (χ2n) is 5.24. The maximum absolute atomic E-state index is 6.11. The van der Waals surface area contributed by atoms with Gasteiger partial charge in [0.15, 0.2) is 0 Å². The van der Waals surface area contributed by atoms with E-state index in [1.807, 2.05) is 72.9 Å². The van der Waals surface area contributed by atoms with Crippen molar-refractivity contribution in [2.24, 2.45) is 0 Å². The summed E-state index contributed by atoms with van der Waals surface area (Å²) in [4.78, 5) is 0. The van der Waals surface area contributed by atoms with Crippen LogP contribution in [0.4, 0.5) is 0 Å².